The summed E-state index contributed by atoms with van der Waals surface area (Å²) >= 11 is 0. The lowest BCUT2D eigenvalue weighted by atomic mass is 10.0. The van der Waals surface area contributed by atoms with E-state index in [1.54, 1.807) is 0 Å². The van der Waals surface area contributed by atoms with Crippen LogP contribution in [0.2, 0.25) is 0 Å². The molecule has 1 aromatic carbocycles. The number of hydrogen-bond acceptors (Lipinski definition) is 4. The second-order valence-corrected chi connectivity index (χ2v) is 6.88. The van der Waals surface area contributed by atoms with Gasteiger partial charge in [-0.15, -0.1) is 0 Å². The van der Waals surface area contributed by atoms with Crippen molar-refractivity contribution in [2.75, 3.05) is 19.3 Å². The lowest BCUT2D eigenvalue weighted by Gasteiger charge is -2.20. The van der Waals surface area contributed by atoms with Crippen LogP contribution < -0.4 is 0 Å². The summed E-state index contributed by atoms with van der Waals surface area (Å²) in [4.78, 5) is 2.35. The molecule has 0 unspecified atom stereocenters. The van der Waals surface area contributed by atoms with Crippen LogP contribution in [0, 0.1) is 5.92 Å². The van der Waals surface area contributed by atoms with Crippen molar-refractivity contribution in [2.45, 2.75) is 26.0 Å². The van der Waals surface area contributed by atoms with E-state index in [1.165, 1.54) is 5.56 Å². The van der Waals surface area contributed by atoms with Crippen LogP contribution in [0.15, 0.2) is 30.3 Å². The minimum absolute atomic E-state index is 0.240. The van der Waals surface area contributed by atoms with Crippen molar-refractivity contribution in [1.29, 1.82) is 0 Å². The fraction of sp³-hybridized carbons (Fsp3) is 0.571. The summed E-state index contributed by atoms with van der Waals surface area (Å²) in [5.74, 6) is 0.290. The van der Waals surface area contributed by atoms with E-state index in [1.807, 2.05) is 25.1 Å². The molecule has 1 aromatic rings. The topological polar surface area (TPSA) is 46.6 Å². The summed E-state index contributed by atoms with van der Waals surface area (Å²) in [7, 11) is -3.36. The molecule has 2 rings (SSSR count). The van der Waals surface area contributed by atoms with E-state index >= 15 is 0 Å². The van der Waals surface area contributed by atoms with E-state index in [0.29, 0.717) is 5.92 Å². The first-order valence-electron chi connectivity index (χ1n) is 6.58. The molecule has 1 heterocycles. The van der Waals surface area contributed by atoms with Gasteiger partial charge in [-0.2, -0.15) is 8.42 Å². The minimum Gasteiger partial charge on any atom is -0.299 e. The fourth-order valence-corrected chi connectivity index (χ4v) is 3.29. The largest absolute Gasteiger partial charge is 0.299 e. The first kappa shape index (κ1) is 14.5. The van der Waals surface area contributed by atoms with Gasteiger partial charge in [-0.3, -0.25) is 9.08 Å². The zero-order valence-corrected chi connectivity index (χ0v) is 12.3. The Balaban J connectivity index is 1.86. The Morgan fingerprint density at radius 2 is 2.05 bits per heavy atom. The average Bonchev–Trinajstić information content (AvgIpc) is 2.77. The van der Waals surface area contributed by atoms with Gasteiger partial charge in [-0.25, -0.2) is 0 Å². The molecule has 1 fully saturated rings. The Labute approximate surface area is 115 Å². The zero-order valence-electron chi connectivity index (χ0n) is 11.5. The van der Waals surface area contributed by atoms with Crippen molar-refractivity contribution in [3.05, 3.63) is 35.9 Å². The van der Waals surface area contributed by atoms with Crippen molar-refractivity contribution < 1.29 is 12.6 Å². The van der Waals surface area contributed by atoms with Crippen LogP contribution in [0.5, 0.6) is 0 Å². The summed E-state index contributed by atoms with van der Waals surface area (Å²) in [5, 5.41) is 0. The van der Waals surface area contributed by atoms with Gasteiger partial charge >= 0.3 is 0 Å². The Hall–Kier alpha value is -0.910. The molecule has 0 aromatic heterocycles. The van der Waals surface area contributed by atoms with Crippen molar-refractivity contribution in [1.82, 2.24) is 4.90 Å². The van der Waals surface area contributed by atoms with Crippen LogP contribution in [0.25, 0.3) is 0 Å². The lowest BCUT2D eigenvalue weighted by Crippen LogP contribution is -2.27. The molecule has 4 nitrogen and oxygen atoms in total. The van der Waals surface area contributed by atoms with Crippen molar-refractivity contribution in [3.8, 4) is 0 Å². The van der Waals surface area contributed by atoms with Crippen LogP contribution in [-0.2, 0) is 20.8 Å². The summed E-state index contributed by atoms with van der Waals surface area (Å²) in [6.07, 6.45) is 1.86. The third kappa shape index (κ3) is 4.60. The second-order valence-electron chi connectivity index (χ2n) is 5.27. The Morgan fingerprint density at radius 3 is 2.68 bits per heavy atom. The van der Waals surface area contributed by atoms with Gasteiger partial charge in [0.05, 0.1) is 12.4 Å². The molecular weight excluding hydrogens is 262 g/mol. The monoisotopic (exact) mass is 283 g/mol. The molecule has 0 amide bonds. The fourth-order valence-electron chi connectivity index (χ4n) is 2.59. The van der Waals surface area contributed by atoms with Gasteiger partial charge in [0, 0.05) is 19.0 Å². The maximum atomic E-state index is 11.1. The number of benzene rings is 1. The minimum atomic E-state index is -3.36. The molecule has 0 saturated carbocycles. The van der Waals surface area contributed by atoms with Gasteiger partial charge < -0.3 is 0 Å². The lowest BCUT2D eigenvalue weighted by molar-refractivity contribution is 0.159. The summed E-state index contributed by atoms with van der Waals surface area (Å²) in [5.41, 5.74) is 1.29. The maximum Gasteiger partial charge on any atom is 0.264 e. The molecule has 1 aliphatic rings. The van der Waals surface area contributed by atoms with Gasteiger partial charge in [0.25, 0.3) is 10.1 Å². The van der Waals surface area contributed by atoms with Crippen molar-refractivity contribution in [3.63, 3.8) is 0 Å². The predicted molar refractivity (Wildman–Crippen MR) is 75.2 cm³/mol. The van der Waals surface area contributed by atoms with Crippen LogP contribution in [0.4, 0.5) is 0 Å². The van der Waals surface area contributed by atoms with E-state index in [9.17, 15) is 8.42 Å². The normalized spacial score (nSPS) is 22.5. The van der Waals surface area contributed by atoms with Gasteiger partial charge in [0.2, 0.25) is 0 Å². The van der Waals surface area contributed by atoms with E-state index in [2.05, 4.69) is 17.0 Å². The van der Waals surface area contributed by atoms with E-state index in [4.69, 9.17) is 4.18 Å². The molecule has 19 heavy (non-hydrogen) atoms. The zero-order chi connectivity index (χ0) is 13.9. The highest BCUT2D eigenvalue weighted by Crippen LogP contribution is 2.24. The molecule has 1 aliphatic heterocycles. The molecule has 0 aliphatic carbocycles. The molecule has 106 valence electrons. The Bertz CT molecular complexity index is 501. The van der Waals surface area contributed by atoms with Crippen LogP contribution in [0.3, 0.4) is 0 Å². The molecule has 0 N–H and O–H groups in total. The molecule has 1 saturated heterocycles. The van der Waals surface area contributed by atoms with Gasteiger partial charge in [0.1, 0.15) is 0 Å². The molecule has 0 radical (unpaired) electrons. The second kappa shape index (κ2) is 6.03. The third-order valence-corrected chi connectivity index (χ3v) is 4.20. The maximum absolute atomic E-state index is 11.1. The highest BCUT2D eigenvalue weighted by Gasteiger charge is 2.29. The summed E-state index contributed by atoms with van der Waals surface area (Å²) < 4.78 is 27.3. The van der Waals surface area contributed by atoms with Crippen LogP contribution in [-0.4, -0.2) is 38.8 Å². The van der Waals surface area contributed by atoms with Crippen molar-refractivity contribution in [2.24, 2.45) is 5.92 Å². The number of nitrogens with zero attached hydrogens (tertiary/aromatic N) is 1. The highest BCUT2D eigenvalue weighted by molar-refractivity contribution is 7.86. The standard InChI is InChI=1S/C14H21NO3S/c1-12(18-19(2,16)17)14-8-9-15(11-14)10-13-6-4-3-5-7-13/h3-7,12,14H,8-11H2,1-2H3/t12-,14-/m1/s1. The Kier molecular flexibility index (Phi) is 4.60. The number of rotatable bonds is 5. The first-order valence-corrected chi connectivity index (χ1v) is 8.40. The average molecular weight is 283 g/mol. The number of hydrogen-bond donors (Lipinski definition) is 0. The first-order chi connectivity index (χ1) is 8.94. The number of likely N-dealkylation sites (tertiary alicyclic amines) is 1. The van der Waals surface area contributed by atoms with Gasteiger partial charge in [0.15, 0.2) is 0 Å². The summed E-state index contributed by atoms with van der Waals surface area (Å²) in [6, 6.07) is 10.3. The molecule has 5 heteroatoms. The SMILES string of the molecule is C[C@@H](OS(C)(=O)=O)[C@@H]1CCN(Cc2ccccc2)C1. The predicted octanol–water partition coefficient (Wildman–Crippen LogP) is 1.87. The quantitative estimate of drug-likeness (QED) is 0.774. The van der Waals surface area contributed by atoms with E-state index < -0.39 is 10.1 Å². The Morgan fingerprint density at radius 1 is 1.37 bits per heavy atom. The molecule has 0 spiro atoms. The van der Waals surface area contributed by atoms with Gasteiger partial charge in [-0.05, 0) is 25.5 Å². The third-order valence-electron chi connectivity index (χ3n) is 3.55. The van der Waals surface area contributed by atoms with Crippen LogP contribution in [0.1, 0.15) is 18.9 Å². The van der Waals surface area contributed by atoms with Crippen LogP contribution >= 0.6 is 0 Å². The van der Waals surface area contributed by atoms with E-state index in [-0.39, 0.29) is 6.10 Å². The molecular formula is C14H21NO3S. The smallest absolute Gasteiger partial charge is 0.264 e. The highest BCUT2D eigenvalue weighted by atomic mass is 32.2. The molecule has 0 bridgehead atoms. The van der Waals surface area contributed by atoms with Crippen molar-refractivity contribution >= 4 is 10.1 Å². The van der Waals surface area contributed by atoms with E-state index in [0.717, 1.165) is 32.3 Å². The van der Waals surface area contributed by atoms with Gasteiger partial charge in [-0.1, -0.05) is 30.3 Å². The summed E-state index contributed by atoms with van der Waals surface area (Å²) in [6.45, 7) is 4.66. The molecule has 2 atom stereocenters.